The van der Waals surface area contributed by atoms with Gasteiger partial charge in [-0.1, -0.05) is 23.7 Å². The minimum Gasteiger partial charge on any atom is -0.394 e. The van der Waals surface area contributed by atoms with E-state index in [0.717, 1.165) is 0 Å². The van der Waals surface area contributed by atoms with Crippen molar-refractivity contribution in [3.05, 3.63) is 68.5 Å². The Morgan fingerprint density at radius 1 is 1.39 bits per heavy atom. The number of aliphatic hydroxyl groups is 1. The number of hydrogen-bond acceptors (Lipinski definition) is 5. The number of carbonyl (C=O) groups excluding carboxylic acids is 1. The van der Waals surface area contributed by atoms with Gasteiger partial charge in [0.2, 0.25) is 0 Å². The van der Waals surface area contributed by atoms with Gasteiger partial charge in [0.05, 0.1) is 12.6 Å². The first-order valence-corrected chi connectivity index (χ1v) is 7.98. The van der Waals surface area contributed by atoms with Crippen molar-refractivity contribution in [2.45, 2.75) is 6.04 Å². The minimum atomic E-state index is -0.637. The van der Waals surface area contributed by atoms with Gasteiger partial charge in [-0.15, -0.1) is 11.3 Å². The van der Waals surface area contributed by atoms with Crippen molar-refractivity contribution in [2.75, 3.05) is 6.61 Å². The maximum absolute atomic E-state index is 12.3. The molecule has 2 aromatic heterocycles. The Bertz CT molecular complexity index is 904. The molecule has 1 atom stereocenters. The van der Waals surface area contributed by atoms with Crippen LogP contribution in [0.15, 0.2) is 46.8 Å². The minimum absolute atomic E-state index is 0.0756. The fourth-order valence-electron chi connectivity index (χ4n) is 2.15. The number of amides is 1. The smallest absolute Gasteiger partial charge is 0.271 e. The molecule has 1 amide bonds. The Hall–Kier alpha value is -2.22. The van der Waals surface area contributed by atoms with Crippen molar-refractivity contribution >= 4 is 33.8 Å². The second-order valence-electron chi connectivity index (χ2n) is 4.79. The molecule has 1 aromatic carbocycles. The molecule has 0 aliphatic rings. The van der Waals surface area contributed by atoms with E-state index in [4.69, 9.17) is 11.6 Å². The van der Waals surface area contributed by atoms with Crippen molar-refractivity contribution in [2.24, 2.45) is 0 Å². The zero-order valence-electron chi connectivity index (χ0n) is 11.8. The van der Waals surface area contributed by atoms with Crippen LogP contribution in [0.25, 0.3) is 4.96 Å². The molecular weight excluding hydrogens is 338 g/mol. The molecule has 8 heteroatoms. The van der Waals surface area contributed by atoms with E-state index in [9.17, 15) is 14.7 Å². The number of fused-ring (bicyclic) bond motifs is 1. The molecule has 0 spiro atoms. The third-order valence-corrected chi connectivity index (χ3v) is 4.37. The maximum atomic E-state index is 12.3. The second kappa shape index (κ2) is 6.49. The molecule has 0 fully saturated rings. The Labute approximate surface area is 140 Å². The van der Waals surface area contributed by atoms with Gasteiger partial charge in [0.1, 0.15) is 5.56 Å². The highest BCUT2D eigenvalue weighted by Crippen LogP contribution is 2.16. The van der Waals surface area contributed by atoms with Crippen LogP contribution in [-0.2, 0) is 0 Å². The summed E-state index contributed by atoms with van der Waals surface area (Å²) in [5.74, 6) is -0.586. The van der Waals surface area contributed by atoms with Crippen LogP contribution in [0.5, 0.6) is 0 Å². The number of nitrogens with one attached hydrogen (secondary N) is 1. The molecule has 23 heavy (non-hydrogen) atoms. The fraction of sp³-hybridized carbons (Fsp3) is 0.133. The summed E-state index contributed by atoms with van der Waals surface area (Å²) in [7, 11) is 0. The molecule has 0 saturated carbocycles. The summed E-state index contributed by atoms with van der Waals surface area (Å²) in [6, 6.07) is 6.11. The lowest BCUT2D eigenvalue weighted by Gasteiger charge is -2.16. The predicted molar refractivity (Wildman–Crippen MR) is 88.1 cm³/mol. The third-order valence-electron chi connectivity index (χ3n) is 3.35. The number of thiazole rings is 1. The summed E-state index contributed by atoms with van der Waals surface area (Å²) in [5.41, 5.74) is 0.171. The average Bonchev–Trinajstić information content (AvgIpc) is 3.03. The number of nitrogens with zero attached hydrogens (tertiary/aromatic N) is 2. The van der Waals surface area contributed by atoms with Crippen LogP contribution < -0.4 is 10.9 Å². The molecule has 2 heterocycles. The zero-order valence-corrected chi connectivity index (χ0v) is 13.3. The van der Waals surface area contributed by atoms with Crippen LogP contribution in [0.1, 0.15) is 22.0 Å². The monoisotopic (exact) mass is 349 g/mol. The van der Waals surface area contributed by atoms with E-state index in [1.54, 1.807) is 35.8 Å². The van der Waals surface area contributed by atoms with Crippen LogP contribution in [-0.4, -0.2) is 27.0 Å². The fourth-order valence-corrected chi connectivity index (χ4v) is 2.95. The highest BCUT2D eigenvalue weighted by molar-refractivity contribution is 7.15. The Balaban J connectivity index is 1.88. The molecule has 118 valence electrons. The van der Waals surface area contributed by atoms with Gasteiger partial charge in [-0.25, -0.2) is 4.98 Å². The Kier molecular flexibility index (Phi) is 4.42. The van der Waals surface area contributed by atoms with E-state index in [2.05, 4.69) is 10.3 Å². The van der Waals surface area contributed by atoms with E-state index in [1.165, 1.54) is 21.9 Å². The molecule has 0 aliphatic heterocycles. The molecular formula is C15H12ClN3O3S. The molecule has 0 bridgehead atoms. The highest BCUT2D eigenvalue weighted by atomic mass is 35.5. The lowest BCUT2D eigenvalue weighted by Crippen LogP contribution is -2.35. The quantitative estimate of drug-likeness (QED) is 0.753. The van der Waals surface area contributed by atoms with Gasteiger partial charge in [-0.05, 0) is 17.7 Å². The van der Waals surface area contributed by atoms with Crippen molar-refractivity contribution in [1.29, 1.82) is 0 Å². The summed E-state index contributed by atoms with van der Waals surface area (Å²) in [6.07, 6.45) is 2.81. The number of carbonyl (C=O) groups is 1. The van der Waals surface area contributed by atoms with E-state index in [-0.39, 0.29) is 12.2 Å². The molecule has 3 aromatic rings. The predicted octanol–water partition coefficient (Wildman–Crippen LogP) is 1.87. The van der Waals surface area contributed by atoms with E-state index >= 15 is 0 Å². The van der Waals surface area contributed by atoms with E-state index < -0.39 is 17.5 Å². The van der Waals surface area contributed by atoms with Crippen molar-refractivity contribution in [3.63, 3.8) is 0 Å². The van der Waals surface area contributed by atoms with Crippen LogP contribution in [0.2, 0.25) is 5.02 Å². The average molecular weight is 350 g/mol. The molecule has 6 nitrogen and oxygen atoms in total. The van der Waals surface area contributed by atoms with Crippen LogP contribution in [0.4, 0.5) is 0 Å². The van der Waals surface area contributed by atoms with Crippen LogP contribution in [0.3, 0.4) is 0 Å². The second-order valence-corrected chi connectivity index (χ2v) is 6.10. The highest BCUT2D eigenvalue weighted by Gasteiger charge is 2.18. The normalized spacial score (nSPS) is 12.3. The third kappa shape index (κ3) is 3.12. The molecule has 3 rings (SSSR count). The largest absolute Gasteiger partial charge is 0.394 e. The van der Waals surface area contributed by atoms with Crippen molar-refractivity contribution < 1.29 is 9.90 Å². The number of aromatic nitrogens is 2. The molecule has 1 unspecified atom stereocenters. The first-order chi connectivity index (χ1) is 11.1. The van der Waals surface area contributed by atoms with Gasteiger partial charge in [0.25, 0.3) is 11.5 Å². The lowest BCUT2D eigenvalue weighted by molar-refractivity contribution is 0.0914. The number of rotatable bonds is 4. The standard InChI is InChI=1S/C15H12ClN3O3S/c16-10-3-1-9(2-4-10)12(8-20)18-13(21)11-7-17-15-19(14(11)22)5-6-23-15/h1-7,12,20H,8H2,(H,18,21). The molecule has 2 N–H and O–H groups in total. The van der Waals surface area contributed by atoms with Crippen LogP contribution >= 0.6 is 22.9 Å². The molecule has 0 radical (unpaired) electrons. The summed E-state index contributed by atoms with van der Waals surface area (Å²) < 4.78 is 1.32. The van der Waals surface area contributed by atoms with E-state index in [0.29, 0.717) is 15.5 Å². The number of hydrogen-bond donors (Lipinski definition) is 2. The van der Waals surface area contributed by atoms with Gasteiger partial charge in [0.15, 0.2) is 4.96 Å². The Morgan fingerprint density at radius 3 is 2.83 bits per heavy atom. The summed E-state index contributed by atoms with van der Waals surface area (Å²) in [6.45, 7) is -0.303. The first kappa shape index (κ1) is 15.7. The summed E-state index contributed by atoms with van der Waals surface area (Å²) in [4.78, 5) is 29.2. The van der Waals surface area contributed by atoms with Crippen molar-refractivity contribution in [3.8, 4) is 0 Å². The topological polar surface area (TPSA) is 83.7 Å². The van der Waals surface area contributed by atoms with E-state index in [1.807, 2.05) is 0 Å². The first-order valence-electron chi connectivity index (χ1n) is 6.72. The SMILES string of the molecule is O=C(NC(CO)c1ccc(Cl)cc1)c1cnc2sccn2c1=O. The molecule has 0 aliphatic carbocycles. The van der Waals surface area contributed by atoms with Gasteiger partial charge in [0, 0.05) is 22.8 Å². The zero-order chi connectivity index (χ0) is 16.4. The summed E-state index contributed by atoms with van der Waals surface area (Å²) >= 11 is 7.13. The number of halogens is 1. The van der Waals surface area contributed by atoms with Gasteiger partial charge in [-0.3, -0.25) is 14.0 Å². The van der Waals surface area contributed by atoms with Crippen molar-refractivity contribution in [1.82, 2.24) is 14.7 Å². The number of aliphatic hydroxyl groups excluding tert-OH is 1. The maximum Gasteiger partial charge on any atom is 0.271 e. The summed E-state index contributed by atoms with van der Waals surface area (Å²) in [5, 5.41) is 14.4. The number of benzene rings is 1. The van der Waals surface area contributed by atoms with Crippen LogP contribution in [0, 0.1) is 0 Å². The lowest BCUT2D eigenvalue weighted by atomic mass is 10.1. The van der Waals surface area contributed by atoms with Gasteiger partial charge >= 0.3 is 0 Å². The van der Waals surface area contributed by atoms with Gasteiger partial charge < -0.3 is 10.4 Å². The Morgan fingerprint density at radius 2 is 2.13 bits per heavy atom. The molecule has 0 saturated heterocycles. The van der Waals surface area contributed by atoms with Gasteiger partial charge in [-0.2, -0.15) is 0 Å².